The number of carbonyl (C=O) groups is 1. The first kappa shape index (κ1) is 18.4. The predicted molar refractivity (Wildman–Crippen MR) is 102 cm³/mol. The molecule has 0 bridgehead atoms. The number of aromatic nitrogens is 2. The maximum atomic E-state index is 12.3. The average Bonchev–Trinajstić information content (AvgIpc) is 3.08. The lowest BCUT2D eigenvalue weighted by Crippen LogP contribution is -2.30. The van der Waals surface area contributed by atoms with Gasteiger partial charge in [-0.2, -0.15) is 0 Å². The molecule has 0 aliphatic heterocycles. The number of nitrogens with one attached hydrogen (secondary N) is 1. The molecule has 7 heteroatoms. The van der Waals surface area contributed by atoms with E-state index in [-0.39, 0.29) is 6.03 Å². The summed E-state index contributed by atoms with van der Waals surface area (Å²) >= 11 is 0. The van der Waals surface area contributed by atoms with Crippen LogP contribution in [0.1, 0.15) is 23.9 Å². The number of rotatable bonds is 6. The van der Waals surface area contributed by atoms with E-state index in [1.54, 1.807) is 31.4 Å². The summed E-state index contributed by atoms with van der Waals surface area (Å²) < 4.78 is 10.8. The second-order valence-corrected chi connectivity index (χ2v) is 6.20. The molecule has 2 heterocycles. The Kier molecular flexibility index (Phi) is 5.71. The van der Waals surface area contributed by atoms with Crippen molar-refractivity contribution in [2.24, 2.45) is 0 Å². The summed E-state index contributed by atoms with van der Waals surface area (Å²) in [7, 11) is 1.69. The molecule has 0 saturated heterocycles. The van der Waals surface area contributed by atoms with Gasteiger partial charge in [-0.25, -0.2) is 9.78 Å². The Morgan fingerprint density at radius 2 is 2.11 bits per heavy atom. The van der Waals surface area contributed by atoms with Gasteiger partial charge in [0.05, 0.1) is 18.4 Å². The second kappa shape index (κ2) is 8.35. The molecule has 0 unspecified atom stereocenters. The van der Waals surface area contributed by atoms with Gasteiger partial charge in [-0.15, -0.1) is 0 Å². The first-order valence-corrected chi connectivity index (χ1v) is 8.70. The van der Waals surface area contributed by atoms with Gasteiger partial charge in [0, 0.05) is 19.2 Å². The number of hydrogen-bond donors (Lipinski definition) is 1. The van der Waals surface area contributed by atoms with Gasteiger partial charge in [0.25, 0.3) is 0 Å². The van der Waals surface area contributed by atoms with Gasteiger partial charge >= 0.3 is 6.03 Å². The number of ether oxygens (including phenoxy) is 1. The summed E-state index contributed by atoms with van der Waals surface area (Å²) in [6, 6.07) is 12.9. The molecule has 7 nitrogen and oxygen atoms in total. The number of carbonyl (C=O) groups excluding carboxylic acids is 1. The Morgan fingerprint density at radius 1 is 1.26 bits per heavy atom. The number of aryl methyl sites for hydroxylation is 2. The van der Waals surface area contributed by atoms with Crippen molar-refractivity contribution >= 4 is 11.7 Å². The molecule has 2 amide bonds. The molecule has 140 valence electrons. The molecule has 3 aromatic rings. The van der Waals surface area contributed by atoms with Crippen molar-refractivity contribution in [3.63, 3.8) is 0 Å². The van der Waals surface area contributed by atoms with Gasteiger partial charge in [-0.05, 0) is 37.1 Å². The van der Waals surface area contributed by atoms with Gasteiger partial charge in [-0.1, -0.05) is 24.2 Å². The molecule has 0 saturated carbocycles. The molecule has 0 aliphatic rings. The van der Waals surface area contributed by atoms with Crippen LogP contribution in [0.5, 0.6) is 11.6 Å². The number of urea groups is 1. The first-order valence-electron chi connectivity index (χ1n) is 8.70. The number of hydrogen-bond acceptors (Lipinski definition) is 5. The van der Waals surface area contributed by atoms with Crippen LogP contribution >= 0.6 is 0 Å². The molecule has 0 atom stereocenters. The standard InChI is InChI=1S/C20H22N4O3/c1-4-15-6-5-7-18(11-15)26-19-9-8-16(12-21-19)22-20(25)24(3)13-17-10-14(2)27-23-17/h5-12H,4,13H2,1-3H3,(H,22,25). The average molecular weight is 366 g/mol. The van der Waals surface area contributed by atoms with Crippen molar-refractivity contribution in [1.82, 2.24) is 15.0 Å². The Labute approximate surface area is 158 Å². The SMILES string of the molecule is CCc1cccc(Oc2ccc(NC(=O)N(C)Cc3cc(C)on3)cn2)c1. The highest BCUT2D eigenvalue weighted by Gasteiger charge is 2.12. The molecular weight excluding hydrogens is 344 g/mol. The van der Waals surface area contributed by atoms with Crippen LogP contribution in [0.3, 0.4) is 0 Å². The Bertz CT molecular complexity index is 906. The number of benzene rings is 1. The van der Waals surface area contributed by atoms with Crippen molar-refractivity contribution in [2.45, 2.75) is 26.8 Å². The highest BCUT2D eigenvalue weighted by molar-refractivity contribution is 5.88. The fraction of sp³-hybridized carbons (Fsp3) is 0.250. The Balaban J connectivity index is 1.57. The van der Waals surface area contributed by atoms with Crippen LogP contribution in [0.2, 0.25) is 0 Å². The molecule has 0 fully saturated rings. The van der Waals surface area contributed by atoms with E-state index in [0.717, 1.165) is 12.2 Å². The fourth-order valence-electron chi connectivity index (χ4n) is 2.49. The van der Waals surface area contributed by atoms with E-state index in [9.17, 15) is 4.79 Å². The van der Waals surface area contributed by atoms with Crippen molar-refractivity contribution in [2.75, 3.05) is 12.4 Å². The summed E-state index contributed by atoms with van der Waals surface area (Å²) in [6.45, 7) is 4.26. The van der Waals surface area contributed by atoms with Crippen LogP contribution in [0.25, 0.3) is 0 Å². The van der Waals surface area contributed by atoms with Crippen molar-refractivity contribution < 1.29 is 14.1 Å². The van der Waals surface area contributed by atoms with E-state index in [0.29, 0.717) is 29.6 Å². The largest absolute Gasteiger partial charge is 0.439 e. The minimum atomic E-state index is -0.262. The number of amides is 2. The van der Waals surface area contributed by atoms with Crippen LogP contribution in [0.4, 0.5) is 10.5 Å². The Hall–Kier alpha value is -3.35. The van der Waals surface area contributed by atoms with Gasteiger partial charge in [0.2, 0.25) is 5.88 Å². The van der Waals surface area contributed by atoms with E-state index >= 15 is 0 Å². The topological polar surface area (TPSA) is 80.5 Å². The zero-order valence-corrected chi connectivity index (χ0v) is 15.6. The lowest BCUT2D eigenvalue weighted by Gasteiger charge is -2.16. The molecule has 0 radical (unpaired) electrons. The normalized spacial score (nSPS) is 10.5. The van der Waals surface area contributed by atoms with E-state index in [1.807, 2.05) is 25.1 Å². The molecule has 1 aromatic carbocycles. The van der Waals surface area contributed by atoms with Gasteiger partial charge in [-0.3, -0.25) is 0 Å². The smallest absolute Gasteiger partial charge is 0.321 e. The summed E-state index contributed by atoms with van der Waals surface area (Å²) in [5, 5.41) is 6.67. The minimum Gasteiger partial charge on any atom is -0.439 e. The lowest BCUT2D eigenvalue weighted by atomic mass is 10.2. The lowest BCUT2D eigenvalue weighted by molar-refractivity contribution is 0.219. The van der Waals surface area contributed by atoms with Gasteiger partial charge in [0.1, 0.15) is 17.2 Å². The number of pyridine rings is 1. The third kappa shape index (κ3) is 5.07. The summed E-state index contributed by atoms with van der Waals surface area (Å²) in [4.78, 5) is 18.0. The molecule has 1 N–H and O–H groups in total. The molecule has 0 spiro atoms. The third-order valence-electron chi connectivity index (χ3n) is 3.94. The summed E-state index contributed by atoms with van der Waals surface area (Å²) in [5.74, 6) is 1.91. The summed E-state index contributed by atoms with van der Waals surface area (Å²) in [6.07, 6.45) is 2.50. The Morgan fingerprint density at radius 3 is 2.78 bits per heavy atom. The number of anilines is 1. The van der Waals surface area contributed by atoms with Gasteiger partial charge in [0.15, 0.2) is 0 Å². The van der Waals surface area contributed by atoms with E-state index in [4.69, 9.17) is 9.26 Å². The van der Waals surface area contributed by atoms with Crippen molar-refractivity contribution in [3.05, 3.63) is 65.7 Å². The first-order chi connectivity index (χ1) is 13.0. The highest BCUT2D eigenvalue weighted by atomic mass is 16.5. The van der Waals surface area contributed by atoms with Crippen molar-refractivity contribution in [1.29, 1.82) is 0 Å². The second-order valence-electron chi connectivity index (χ2n) is 6.20. The molecular formula is C20H22N4O3. The van der Waals surface area contributed by atoms with Crippen LogP contribution in [-0.4, -0.2) is 28.1 Å². The molecule has 2 aromatic heterocycles. The molecule has 27 heavy (non-hydrogen) atoms. The van der Waals surface area contributed by atoms with Crippen LogP contribution in [-0.2, 0) is 13.0 Å². The van der Waals surface area contributed by atoms with Crippen LogP contribution in [0, 0.1) is 6.92 Å². The quantitative estimate of drug-likeness (QED) is 0.699. The fourth-order valence-corrected chi connectivity index (χ4v) is 2.49. The van der Waals surface area contributed by atoms with E-state index < -0.39 is 0 Å². The monoisotopic (exact) mass is 366 g/mol. The van der Waals surface area contributed by atoms with Gasteiger partial charge < -0.3 is 19.5 Å². The van der Waals surface area contributed by atoms with E-state index in [1.165, 1.54) is 10.5 Å². The van der Waals surface area contributed by atoms with Crippen LogP contribution in [0.15, 0.2) is 53.2 Å². The zero-order chi connectivity index (χ0) is 19.2. The predicted octanol–water partition coefficient (Wildman–Crippen LogP) is 4.40. The van der Waals surface area contributed by atoms with E-state index in [2.05, 4.69) is 28.4 Å². The molecule has 0 aliphatic carbocycles. The third-order valence-corrected chi connectivity index (χ3v) is 3.94. The minimum absolute atomic E-state index is 0.262. The summed E-state index contributed by atoms with van der Waals surface area (Å²) in [5.41, 5.74) is 2.47. The zero-order valence-electron chi connectivity index (χ0n) is 15.6. The van der Waals surface area contributed by atoms with Crippen LogP contribution < -0.4 is 10.1 Å². The molecule has 3 rings (SSSR count). The highest BCUT2D eigenvalue weighted by Crippen LogP contribution is 2.22. The van der Waals surface area contributed by atoms with Crippen molar-refractivity contribution in [3.8, 4) is 11.6 Å². The maximum Gasteiger partial charge on any atom is 0.321 e. The maximum absolute atomic E-state index is 12.3. The number of nitrogens with zero attached hydrogens (tertiary/aromatic N) is 3.